The number of halogens is 3. The van der Waals surface area contributed by atoms with Gasteiger partial charge in [-0.2, -0.15) is 13.2 Å². The van der Waals surface area contributed by atoms with Crippen LogP contribution >= 0.6 is 0 Å². The van der Waals surface area contributed by atoms with E-state index < -0.39 is 42.1 Å². The molecule has 9 nitrogen and oxygen atoms in total. The van der Waals surface area contributed by atoms with Crippen LogP contribution in [0.3, 0.4) is 0 Å². The van der Waals surface area contributed by atoms with Gasteiger partial charge < -0.3 is 9.26 Å². The molecule has 0 bridgehead atoms. The van der Waals surface area contributed by atoms with E-state index in [0.717, 1.165) is 36.1 Å². The Morgan fingerprint density at radius 3 is 2.39 bits per heavy atom. The number of amidine groups is 1. The third-order valence-corrected chi connectivity index (χ3v) is 13.9. The Morgan fingerprint density at radius 1 is 1.08 bits per heavy atom. The largest absolute Gasteiger partial charge is 0.417 e. The molecule has 1 aliphatic carbocycles. The molecule has 1 amide bonds. The summed E-state index contributed by atoms with van der Waals surface area (Å²) in [6.45, 7) is 11.3. The predicted octanol–water partition coefficient (Wildman–Crippen LogP) is 8.35. The van der Waals surface area contributed by atoms with Gasteiger partial charge in [0, 0.05) is 23.8 Å². The minimum Gasteiger partial charge on any atom is -0.360 e. The molecule has 49 heavy (non-hydrogen) atoms. The van der Waals surface area contributed by atoms with Crippen LogP contribution in [0.25, 0.3) is 11.1 Å². The van der Waals surface area contributed by atoms with Crippen molar-refractivity contribution in [3.05, 3.63) is 65.4 Å². The molecule has 3 aromatic rings. The zero-order valence-corrected chi connectivity index (χ0v) is 30.7. The van der Waals surface area contributed by atoms with Crippen molar-refractivity contribution < 1.29 is 35.6 Å². The molecule has 266 valence electrons. The third kappa shape index (κ3) is 7.65. The van der Waals surface area contributed by atoms with Crippen LogP contribution < -0.4 is 4.31 Å². The van der Waals surface area contributed by atoms with Gasteiger partial charge in [-0.3, -0.25) is 14.7 Å². The molecule has 1 fully saturated rings. The monoisotopic (exact) mass is 718 g/mol. The third-order valence-electron chi connectivity index (χ3n) is 9.48. The van der Waals surface area contributed by atoms with Gasteiger partial charge in [0.1, 0.15) is 18.1 Å². The van der Waals surface area contributed by atoms with E-state index in [-0.39, 0.29) is 45.6 Å². The SMILES string of the molecule is CCCCC1=NC2(CCCC2)C(=O)N1Cc1ccc(-c2ccccc2S(=O)(=O)N(COC(C)[Si](C)(C)C)c2cc(C)no2)c(C(F)(F)F)c1. The fraction of sp³-hybridized carbons (Fsp3) is 0.514. The summed E-state index contributed by atoms with van der Waals surface area (Å²) < 4.78 is 85.6. The maximum Gasteiger partial charge on any atom is 0.417 e. The lowest BCUT2D eigenvalue weighted by Crippen LogP contribution is -2.42. The smallest absolute Gasteiger partial charge is 0.360 e. The second-order valence-corrected chi connectivity index (χ2v) is 21.5. The number of rotatable bonds is 13. The van der Waals surface area contributed by atoms with Gasteiger partial charge in [-0.1, -0.05) is 81.3 Å². The number of hydrogen-bond donors (Lipinski definition) is 0. The summed E-state index contributed by atoms with van der Waals surface area (Å²) in [5.41, 5.74) is -1.80. The molecule has 1 spiro atoms. The van der Waals surface area contributed by atoms with Crippen molar-refractivity contribution in [2.75, 3.05) is 11.0 Å². The van der Waals surface area contributed by atoms with E-state index >= 15 is 0 Å². The summed E-state index contributed by atoms with van der Waals surface area (Å²) >= 11 is 0. The number of aromatic nitrogens is 1. The van der Waals surface area contributed by atoms with Crippen LogP contribution in [0.2, 0.25) is 19.6 Å². The lowest BCUT2D eigenvalue weighted by Gasteiger charge is -2.29. The molecule has 1 atom stereocenters. The average molecular weight is 719 g/mol. The van der Waals surface area contributed by atoms with Crippen molar-refractivity contribution in [3.8, 4) is 11.1 Å². The Bertz CT molecular complexity index is 1810. The zero-order chi connectivity index (χ0) is 35.8. The standard InChI is InChI=1S/C35H45F3N4O5SSi/c1-7-8-15-31-39-34(18-11-12-19-34)33(43)41(31)22-26-16-17-27(29(21-26)35(36,37)38)28-13-9-10-14-30(28)48(44,45)42(32-20-24(2)40-47-32)23-46-25(3)49(4,5)6/h9-10,13-14,16-17,20-21,25H,7-8,11-12,15,18-19,22-23H2,1-6H3. The Kier molecular flexibility index (Phi) is 10.5. The van der Waals surface area contributed by atoms with Crippen molar-refractivity contribution in [2.24, 2.45) is 4.99 Å². The summed E-state index contributed by atoms with van der Waals surface area (Å²) in [4.78, 5) is 19.7. The fourth-order valence-corrected chi connectivity index (χ4v) is 8.26. The fourth-order valence-electron chi connectivity index (χ4n) is 6.22. The number of amides is 1. The Balaban J connectivity index is 1.54. The molecule has 1 aliphatic heterocycles. The molecule has 2 aromatic carbocycles. The number of carbonyl (C=O) groups is 1. The topological polar surface area (TPSA) is 105 Å². The van der Waals surface area contributed by atoms with Gasteiger partial charge in [-0.25, -0.2) is 12.7 Å². The molecule has 14 heteroatoms. The highest BCUT2D eigenvalue weighted by Crippen LogP contribution is 2.43. The van der Waals surface area contributed by atoms with E-state index in [1.165, 1.54) is 42.5 Å². The number of ether oxygens (including phenoxy) is 1. The number of benzene rings is 2. The molecule has 0 radical (unpaired) electrons. The maximum absolute atomic E-state index is 14.9. The van der Waals surface area contributed by atoms with Gasteiger partial charge in [-0.15, -0.1) is 0 Å². The van der Waals surface area contributed by atoms with Gasteiger partial charge in [0.2, 0.25) is 5.88 Å². The molecule has 2 heterocycles. The second-order valence-electron chi connectivity index (χ2n) is 14.1. The number of alkyl halides is 3. The minimum atomic E-state index is -4.83. The normalized spacial score (nSPS) is 17.2. The number of anilines is 1. The number of hydrogen-bond acceptors (Lipinski definition) is 7. The quantitative estimate of drug-likeness (QED) is 0.130. The second kappa shape index (κ2) is 14.0. The van der Waals surface area contributed by atoms with E-state index in [0.29, 0.717) is 30.8 Å². The molecular formula is C35H45F3N4O5SSi. The first-order valence-electron chi connectivity index (χ1n) is 16.8. The zero-order valence-electron chi connectivity index (χ0n) is 28.9. The molecule has 1 aromatic heterocycles. The highest BCUT2D eigenvalue weighted by atomic mass is 32.2. The molecule has 1 unspecified atom stereocenters. The highest BCUT2D eigenvalue weighted by molar-refractivity contribution is 7.93. The first kappa shape index (κ1) is 36.8. The van der Waals surface area contributed by atoms with E-state index in [4.69, 9.17) is 14.3 Å². The molecule has 5 rings (SSSR count). The summed E-state index contributed by atoms with van der Waals surface area (Å²) in [5, 5.41) is 3.84. The summed E-state index contributed by atoms with van der Waals surface area (Å²) in [6, 6.07) is 10.8. The van der Waals surface area contributed by atoms with Crippen molar-refractivity contribution in [1.82, 2.24) is 10.1 Å². The first-order chi connectivity index (χ1) is 23.0. The van der Waals surface area contributed by atoms with E-state index in [1.807, 2.05) is 13.8 Å². The minimum absolute atomic E-state index is 0.0579. The van der Waals surface area contributed by atoms with Gasteiger partial charge in [0.25, 0.3) is 15.9 Å². The molecule has 0 N–H and O–H groups in total. The van der Waals surface area contributed by atoms with E-state index in [9.17, 15) is 26.4 Å². The molecule has 0 saturated heterocycles. The lowest BCUT2D eigenvalue weighted by atomic mass is 9.96. The lowest BCUT2D eigenvalue weighted by molar-refractivity contribution is -0.137. The maximum atomic E-state index is 14.9. The number of sulfonamides is 1. The van der Waals surface area contributed by atoms with Gasteiger partial charge in [-0.05, 0) is 56.4 Å². The van der Waals surface area contributed by atoms with Crippen LogP contribution in [0, 0.1) is 6.92 Å². The average Bonchev–Trinajstić information content (AvgIpc) is 3.75. The predicted molar refractivity (Wildman–Crippen MR) is 185 cm³/mol. The van der Waals surface area contributed by atoms with Crippen LogP contribution in [-0.2, 0) is 32.3 Å². The van der Waals surface area contributed by atoms with Crippen LogP contribution in [0.1, 0.15) is 75.6 Å². The van der Waals surface area contributed by atoms with Crippen molar-refractivity contribution in [2.45, 2.75) is 114 Å². The molecule has 2 aliphatic rings. The van der Waals surface area contributed by atoms with Gasteiger partial charge in [0.15, 0.2) is 0 Å². The Hall–Kier alpha value is -3.49. The van der Waals surface area contributed by atoms with Crippen LogP contribution in [-0.4, -0.2) is 56.3 Å². The van der Waals surface area contributed by atoms with Gasteiger partial charge in [0.05, 0.1) is 30.8 Å². The van der Waals surface area contributed by atoms with Crippen molar-refractivity contribution in [1.29, 1.82) is 0 Å². The van der Waals surface area contributed by atoms with E-state index in [2.05, 4.69) is 24.8 Å². The number of unbranched alkanes of at least 4 members (excludes halogenated alkanes) is 1. The molecule has 1 saturated carbocycles. The van der Waals surface area contributed by atoms with Gasteiger partial charge >= 0.3 is 6.18 Å². The van der Waals surface area contributed by atoms with Crippen LogP contribution in [0.5, 0.6) is 0 Å². The molecular weight excluding hydrogens is 674 g/mol. The van der Waals surface area contributed by atoms with Crippen molar-refractivity contribution in [3.63, 3.8) is 0 Å². The van der Waals surface area contributed by atoms with Crippen LogP contribution in [0.4, 0.5) is 19.1 Å². The van der Waals surface area contributed by atoms with E-state index in [1.54, 1.807) is 11.8 Å². The highest BCUT2D eigenvalue weighted by Gasteiger charge is 2.49. The summed E-state index contributed by atoms with van der Waals surface area (Å²) in [7, 11) is -6.38. The summed E-state index contributed by atoms with van der Waals surface area (Å²) in [6.07, 6.45) is 0.490. The number of aliphatic imine (C=N–C) groups is 1. The number of carbonyl (C=O) groups excluding carboxylic acids is 1. The Morgan fingerprint density at radius 2 is 1.78 bits per heavy atom. The summed E-state index contributed by atoms with van der Waals surface area (Å²) in [5.74, 6) is 0.354. The number of nitrogens with zero attached hydrogens (tertiary/aromatic N) is 4. The Labute approximate surface area is 287 Å². The first-order valence-corrected chi connectivity index (χ1v) is 21.8. The number of aryl methyl sites for hydroxylation is 1. The van der Waals surface area contributed by atoms with Crippen LogP contribution in [0.15, 0.2) is 62.9 Å². The van der Waals surface area contributed by atoms with Crippen molar-refractivity contribution >= 4 is 35.7 Å².